The molecule has 0 aliphatic rings. The Morgan fingerprint density at radius 3 is 2.43 bits per heavy atom. The summed E-state index contributed by atoms with van der Waals surface area (Å²) in [6.45, 7) is 1.85. The van der Waals surface area contributed by atoms with Crippen molar-refractivity contribution in [3.63, 3.8) is 0 Å². The third-order valence-electron chi connectivity index (χ3n) is 3.33. The first-order valence-corrected chi connectivity index (χ1v) is 6.54. The van der Waals surface area contributed by atoms with E-state index in [1.54, 1.807) is 12.1 Å². The van der Waals surface area contributed by atoms with E-state index in [-0.39, 0.29) is 18.0 Å². The maximum absolute atomic E-state index is 10.8. The van der Waals surface area contributed by atoms with E-state index < -0.39 is 10.9 Å². The van der Waals surface area contributed by atoms with Gasteiger partial charge < -0.3 is 5.11 Å². The molecule has 0 saturated carbocycles. The van der Waals surface area contributed by atoms with E-state index in [1.165, 1.54) is 12.1 Å². The maximum atomic E-state index is 10.8. The predicted octanol–water partition coefficient (Wildman–Crippen LogP) is 3.84. The lowest BCUT2D eigenvalue weighted by Gasteiger charge is -2.11. The molecule has 0 aliphatic carbocycles. The number of non-ortho nitro benzene ring substituents is 1. The number of nitro groups is 1. The molecule has 2 aromatic carbocycles. The van der Waals surface area contributed by atoms with E-state index in [0.29, 0.717) is 0 Å². The Hall–Kier alpha value is -2.69. The number of nitrogens with zero attached hydrogens (tertiary/aromatic N) is 1. The Morgan fingerprint density at radius 2 is 1.81 bits per heavy atom. The summed E-state index contributed by atoms with van der Waals surface area (Å²) in [6, 6.07) is 13.8. The van der Waals surface area contributed by atoms with Crippen molar-refractivity contribution in [2.75, 3.05) is 0 Å². The Bertz CT molecular complexity index is 681. The summed E-state index contributed by atoms with van der Waals surface area (Å²) in [6.07, 6.45) is 0.0540. The number of benzene rings is 2. The second-order valence-electron chi connectivity index (χ2n) is 4.93. The quantitative estimate of drug-likeness (QED) is 0.668. The molecule has 0 fully saturated rings. The summed E-state index contributed by atoms with van der Waals surface area (Å²) in [5, 5.41) is 19.7. The van der Waals surface area contributed by atoms with Crippen molar-refractivity contribution in [2.24, 2.45) is 0 Å². The molecule has 0 spiro atoms. The number of carboxylic acids is 1. The standard InChI is InChI=1S/C16H15NO4/c1-11(8-16(18)19)12-4-2-5-13(9-12)14-6-3-7-15(10-14)17(20)21/h2-7,9-11H,8H2,1H3,(H,18,19). The normalized spacial score (nSPS) is 11.9. The fourth-order valence-electron chi connectivity index (χ4n) is 2.20. The van der Waals surface area contributed by atoms with Crippen LogP contribution in [0.4, 0.5) is 5.69 Å². The van der Waals surface area contributed by atoms with Gasteiger partial charge in [0.1, 0.15) is 0 Å². The van der Waals surface area contributed by atoms with E-state index in [2.05, 4.69) is 0 Å². The van der Waals surface area contributed by atoms with Crippen LogP contribution in [0.25, 0.3) is 11.1 Å². The van der Waals surface area contributed by atoms with Crippen LogP contribution in [0.5, 0.6) is 0 Å². The summed E-state index contributed by atoms with van der Waals surface area (Å²) in [5.41, 5.74) is 2.53. The highest BCUT2D eigenvalue weighted by Gasteiger charge is 2.12. The summed E-state index contributed by atoms with van der Waals surface area (Å²) < 4.78 is 0. The van der Waals surface area contributed by atoms with Crippen molar-refractivity contribution < 1.29 is 14.8 Å². The van der Waals surface area contributed by atoms with Crippen LogP contribution >= 0.6 is 0 Å². The smallest absolute Gasteiger partial charge is 0.303 e. The van der Waals surface area contributed by atoms with Gasteiger partial charge in [0.05, 0.1) is 11.3 Å². The van der Waals surface area contributed by atoms with Crippen LogP contribution in [0, 0.1) is 10.1 Å². The average molecular weight is 285 g/mol. The number of hydrogen-bond donors (Lipinski definition) is 1. The molecule has 5 nitrogen and oxygen atoms in total. The molecule has 0 aliphatic heterocycles. The van der Waals surface area contributed by atoms with Gasteiger partial charge in [0, 0.05) is 12.1 Å². The van der Waals surface area contributed by atoms with Crippen molar-refractivity contribution in [1.29, 1.82) is 0 Å². The van der Waals surface area contributed by atoms with Crippen LogP contribution in [0.3, 0.4) is 0 Å². The molecule has 21 heavy (non-hydrogen) atoms. The number of hydrogen-bond acceptors (Lipinski definition) is 3. The SMILES string of the molecule is CC(CC(=O)O)c1cccc(-c2cccc([N+](=O)[O-])c2)c1. The highest BCUT2D eigenvalue weighted by molar-refractivity contribution is 5.69. The largest absolute Gasteiger partial charge is 0.481 e. The Labute approximate surface area is 122 Å². The van der Waals surface area contributed by atoms with Crippen molar-refractivity contribution in [1.82, 2.24) is 0 Å². The van der Waals surface area contributed by atoms with Gasteiger partial charge in [-0.1, -0.05) is 43.3 Å². The average Bonchev–Trinajstić information content (AvgIpc) is 2.47. The molecule has 0 heterocycles. The molecular formula is C16H15NO4. The van der Waals surface area contributed by atoms with Crippen LogP contribution < -0.4 is 0 Å². The van der Waals surface area contributed by atoms with Gasteiger partial charge in [-0.25, -0.2) is 0 Å². The van der Waals surface area contributed by atoms with E-state index in [1.807, 2.05) is 31.2 Å². The molecule has 1 N–H and O–H groups in total. The van der Waals surface area contributed by atoms with Crippen LogP contribution in [0.2, 0.25) is 0 Å². The molecule has 1 unspecified atom stereocenters. The van der Waals surface area contributed by atoms with E-state index in [9.17, 15) is 14.9 Å². The Morgan fingerprint density at radius 1 is 1.19 bits per heavy atom. The Balaban J connectivity index is 2.35. The zero-order chi connectivity index (χ0) is 15.4. The minimum absolute atomic E-state index is 0.0384. The lowest BCUT2D eigenvalue weighted by atomic mass is 9.94. The zero-order valence-electron chi connectivity index (χ0n) is 11.5. The number of aliphatic carboxylic acids is 1. The summed E-state index contributed by atoms with van der Waals surface area (Å²) in [4.78, 5) is 21.2. The minimum Gasteiger partial charge on any atom is -0.481 e. The summed E-state index contributed by atoms with van der Waals surface area (Å²) in [7, 11) is 0. The van der Waals surface area contributed by atoms with Crippen molar-refractivity contribution in [3.8, 4) is 11.1 Å². The molecule has 2 aromatic rings. The van der Waals surface area contributed by atoms with Gasteiger partial charge >= 0.3 is 5.97 Å². The van der Waals surface area contributed by atoms with Gasteiger partial charge in [0.15, 0.2) is 0 Å². The molecular weight excluding hydrogens is 270 g/mol. The molecule has 0 radical (unpaired) electrons. The van der Waals surface area contributed by atoms with Crippen LogP contribution in [0.15, 0.2) is 48.5 Å². The van der Waals surface area contributed by atoms with Gasteiger partial charge in [-0.2, -0.15) is 0 Å². The van der Waals surface area contributed by atoms with Crippen molar-refractivity contribution >= 4 is 11.7 Å². The van der Waals surface area contributed by atoms with E-state index >= 15 is 0 Å². The van der Waals surface area contributed by atoms with E-state index in [4.69, 9.17) is 5.11 Å². The fourth-order valence-corrected chi connectivity index (χ4v) is 2.20. The molecule has 1 atom stereocenters. The van der Waals surface area contributed by atoms with Gasteiger partial charge in [-0.05, 0) is 22.6 Å². The van der Waals surface area contributed by atoms with Gasteiger partial charge in [-0.3, -0.25) is 14.9 Å². The molecule has 0 saturated heterocycles. The van der Waals surface area contributed by atoms with Gasteiger partial charge in [0.25, 0.3) is 5.69 Å². The first kappa shape index (κ1) is 14.7. The minimum atomic E-state index is -0.844. The molecule has 108 valence electrons. The van der Waals surface area contributed by atoms with Gasteiger partial charge in [0.2, 0.25) is 0 Å². The first-order chi connectivity index (χ1) is 9.97. The lowest BCUT2D eigenvalue weighted by Crippen LogP contribution is -2.02. The van der Waals surface area contributed by atoms with Crippen LogP contribution in [-0.4, -0.2) is 16.0 Å². The van der Waals surface area contributed by atoms with Crippen molar-refractivity contribution in [3.05, 3.63) is 64.2 Å². The Kier molecular flexibility index (Phi) is 4.33. The highest BCUT2D eigenvalue weighted by Crippen LogP contribution is 2.27. The fraction of sp³-hybridized carbons (Fsp3) is 0.188. The third kappa shape index (κ3) is 3.66. The van der Waals surface area contributed by atoms with Gasteiger partial charge in [-0.15, -0.1) is 0 Å². The zero-order valence-corrected chi connectivity index (χ0v) is 11.5. The first-order valence-electron chi connectivity index (χ1n) is 6.54. The maximum Gasteiger partial charge on any atom is 0.303 e. The second kappa shape index (κ2) is 6.17. The van der Waals surface area contributed by atoms with Crippen LogP contribution in [-0.2, 0) is 4.79 Å². The lowest BCUT2D eigenvalue weighted by molar-refractivity contribution is -0.384. The van der Waals surface area contributed by atoms with Crippen molar-refractivity contribution in [2.45, 2.75) is 19.3 Å². The van der Waals surface area contributed by atoms with E-state index in [0.717, 1.165) is 16.7 Å². The number of nitro benzene ring substituents is 1. The number of carbonyl (C=O) groups is 1. The number of carboxylic acid groups (broad SMARTS) is 1. The molecule has 5 heteroatoms. The highest BCUT2D eigenvalue weighted by atomic mass is 16.6. The summed E-state index contributed by atoms with van der Waals surface area (Å²) in [5.74, 6) is -0.954. The number of rotatable bonds is 5. The molecule has 2 rings (SSSR count). The molecule has 0 amide bonds. The monoisotopic (exact) mass is 285 g/mol. The second-order valence-corrected chi connectivity index (χ2v) is 4.93. The molecule has 0 aromatic heterocycles. The van der Waals surface area contributed by atoms with Crippen LogP contribution in [0.1, 0.15) is 24.8 Å². The topological polar surface area (TPSA) is 80.4 Å². The molecule has 0 bridgehead atoms. The third-order valence-corrected chi connectivity index (χ3v) is 3.33. The predicted molar refractivity (Wildman–Crippen MR) is 79.2 cm³/mol. The summed E-state index contributed by atoms with van der Waals surface area (Å²) >= 11 is 0.